The van der Waals surface area contributed by atoms with Gasteiger partial charge in [0.05, 0.1) is 36.4 Å². The number of rotatable bonds is 6. The summed E-state index contributed by atoms with van der Waals surface area (Å²) < 4.78 is 10.5. The number of allylic oxidation sites excluding steroid dienone is 4. The smallest absolute Gasteiger partial charge is 0.333 e. The van der Waals surface area contributed by atoms with E-state index in [9.17, 15) is 30.0 Å². The summed E-state index contributed by atoms with van der Waals surface area (Å²) in [6.45, 7) is 14.9. The lowest BCUT2D eigenvalue weighted by Gasteiger charge is -2.71. The Balaban J connectivity index is 1.55. The van der Waals surface area contributed by atoms with Crippen LogP contribution in [-0.2, 0) is 19.1 Å². The van der Waals surface area contributed by atoms with Gasteiger partial charge in [0, 0.05) is 31.5 Å². The van der Waals surface area contributed by atoms with Crippen LogP contribution in [0.15, 0.2) is 34.9 Å². The molecule has 0 aromatic carbocycles. The van der Waals surface area contributed by atoms with Crippen molar-refractivity contribution in [1.29, 1.82) is 0 Å². The highest BCUT2D eigenvalue weighted by Gasteiger charge is 2.73. The monoisotopic (exact) mass is 706 g/mol. The van der Waals surface area contributed by atoms with Crippen molar-refractivity contribution in [3.05, 3.63) is 34.9 Å². The van der Waals surface area contributed by atoms with Crippen LogP contribution in [0.3, 0.4) is 0 Å². The fourth-order valence-electron chi connectivity index (χ4n) is 10.7. The summed E-state index contributed by atoms with van der Waals surface area (Å²) in [6, 6.07) is 0. The van der Waals surface area contributed by atoms with Gasteiger partial charge in [-0.15, -0.1) is 0 Å². The van der Waals surface area contributed by atoms with Gasteiger partial charge in [0.15, 0.2) is 0 Å². The highest BCUT2D eigenvalue weighted by Crippen LogP contribution is 2.73. The molecule has 0 heterocycles. The molecule has 270 valence electrons. The zero-order valence-electron chi connectivity index (χ0n) is 30.0. The molecule has 0 radical (unpaired) electrons. The molecule has 0 aromatic rings. The van der Waals surface area contributed by atoms with Crippen LogP contribution in [0.5, 0.6) is 0 Å². The first-order valence-corrected chi connectivity index (χ1v) is 18.6. The zero-order valence-corrected chi connectivity index (χ0v) is 31.7. The summed E-state index contributed by atoms with van der Waals surface area (Å²) in [4.78, 5) is 25.6. The van der Waals surface area contributed by atoms with E-state index in [0.29, 0.717) is 49.7 Å². The number of aliphatic hydroxyl groups excluding tert-OH is 4. The molecular formula is C38H58O8S2. The Labute approximate surface area is 297 Å². The number of fused-ring (bicyclic) bond motifs is 7. The molecule has 4 saturated carbocycles. The van der Waals surface area contributed by atoms with E-state index >= 15 is 0 Å². The second-order valence-electron chi connectivity index (χ2n) is 16.9. The number of hydrogen-bond acceptors (Lipinski definition) is 10. The summed E-state index contributed by atoms with van der Waals surface area (Å²) in [5.41, 5.74) is -1.20. The van der Waals surface area contributed by atoms with Gasteiger partial charge in [-0.3, -0.25) is 0 Å². The summed E-state index contributed by atoms with van der Waals surface area (Å²) in [7, 11) is 0. The molecule has 0 bridgehead atoms. The van der Waals surface area contributed by atoms with Gasteiger partial charge in [-0.05, 0) is 95.8 Å². The number of esters is 2. The molecule has 4 fully saturated rings. The Morgan fingerprint density at radius 3 is 2.00 bits per heavy atom. The van der Waals surface area contributed by atoms with Crippen molar-refractivity contribution in [3.8, 4) is 0 Å². The fraction of sp³-hybridized carbons (Fsp3) is 0.789. The Morgan fingerprint density at radius 1 is 0.833 bits per heavy atom. The second kappa shape index (κ2) is 12.7. The predicted molar refractivity (Wildman–Crippen MR) is 192 cm³/mol. The average molecular weight is 707 g/mol. The van der Waals surface area contributed by atoms with E-state index in [2.05, 4.69) is 13.0 Å². The van der Waals surface area contributed by atoms with Gasteiger partial charge in [0.25, 0.3) is 0 Å². The number of aliphatic hydroxyl groups is 4. The van der Waals surface area contributed by atoms with Crippen LogP contribution in [0.25, 0.3) is 0 Å². The molecule has 0 saturated heterocycles. The molecule has 5 aliphatic rings. The lowest BCUT2D eigenvalue weighted by atomic mass is 9.39. The lowest BCUT2D eigenvalue weighted by molar-refractivity contribution is -0.243. The minimum absolute atomic E-state index is 0.0223. The van der Waals surface area contributed by atoms with Crippen molar-refractivity contribution in [3.63, 3.8) is 0 Å². The molecule has 0 amide bonds. The Bertz CT molecular complexity index is 1410. The van der Waals surface area contributed by atoms with Gasteiger partial charge in [-0.25, -0.2) is 9.59 Å². The summed E-state index contributed by atoms with van der Waals surface area (Å²) in [5, 5.41) is 47.0. The van der Waals surface area contributed by atoms with Crippen molar-refractivity contribution in [1.82, 2.24) is 0 Å². The molecule has 48 heavy (non-hydrogen) atoms. The van der Waals surface area contributed by atoms with Crippen molar-refractivity contribution in [2.45, 2.75) is 134 Å². The van der Waals surface area contributed by atoms with Gasteiger partial charge in [0.1, 0.15) is 6.61 Å². The first-order valence-electron chi connectivity index (χ1n) is 17.7. The summed E-state index contributed by atoms with van der Waals surface area (Å²) >= 11 is 11.2. The molecule has 0 aromatic heterocycles. The first-order chi connectivity index (χ1) is 22.2. The molecule has 0 spiro atoms. The molecule has 5 rings (SSSR count). The number of carbonyl (C=O) groups is 2. The largest absolute Gasteiger partial charge is 0.462 e. The van der Waals surface area contributed by atoms with Gasteiger partial charge >= 0.3 is 11.9 Å². The van der Waals surface area contributed by atoms with Gasteiger partial charge < -0.3 is 29.9 Å². The molecule has 12 atom stereocenters. The molecule has 3 unspecified atom stereocenters. The maximum Gasteiger partial charge on any atom is 0.333 e. The highest BCUT2D eigenvalue weighted by molar-refractivity contribution is 7.83. The normalized spacial score (nSPS) is 47.0. The molecule has 0 aliphatic heterocycles. The van der Waals surface area contributed by atoms with Crippen molar-refractivity contribution >= 4 is 37.2 Å². The number of thiol groups is 2. The second-order valence-corrected chi connectivity index (χ2v) is 18.5. The molecular weight excluding hydrogens is 649 g/mol. The van der Waals surface area contributed by atoms with Crippen LogP contribution < -0.4 is 0 Å². The van der Waals surface area contributed by atoms with Crippen molar-refractivity contribution in [2.75, 3.05) is 13.2 Å². The number of carbonyl (C=O) groups excluding carboxylic acids is 2. The van der Waals surface area contributed by atoms with Crippen molar-refractivity contribution in [2.24, 2.45) is 39.4 Å². The van der Waals surface area contributed by atoms with Crippen LogP contribution in [-0.4, -0.2) is 79.5 Å². The SMILES string of the molecule is C/C=C(/C)C(=O)OC[C@@]12C(CC(C)(C)[C@@H](O)[C@@H]1O)C1=CCC3[C@@]4(S)CC[C@H](O)[C@](C)(COC(=O)/C(C)=C/C)C4CC[C@@]3(S)[C@]1(C)C[C@H]2O. The van der Waals surface area contributed by atoms with E-state index in [-0.39, 0.29) is 43.4 Å². The van der Waals surface area contributed by atoms with Crippen LogP contribution in [0.2, 0.25) is 0 Å². The minimum Gasteiger partial charge on any atom is -0.462 e. The van der Waals surface area contributed by atoms with Crippen LogP contribution in [0, 0.1) is 39.4 Å². The third-order valence-corrected chi connectivity index (χ3v) is 16.1. The average Bonchev–Trinajstić information content (AvgIpc) is 3.03. The third-order valence-electron chi connectivity index (χ3n) is 14.2. The zero-order chi connectivity index (χ0) is 35.8. The Morgan fingerprint density at radius 2 is 1.42 bits per heavy atom. The molecule has 10 heteroatoms. The highest BCUT2D eigenvalue weighted by atomic mass is 32.1. The van der Waals surface area contributed by atoms with Crippen LogP contribution >= 0.6 is 25.3 Å². The van der Waals surface area contributed by atoms with E-state index in [1.165, 1.54) is 0 Å². The maximum absolute atomic E-state index is 12.9. The maximum atomic E-state index is 12.9. The number of ether oxygens (including phenoxy) is 2. The van der Waals surface area contributed by atoms with Gasteiger partial charge in [-0.2, -0.15) is 25.3 Å². The van der Waals surface area contributed by atoms with E-state index < -0.39 is 61.5 Å². The molecule has 4 N–H and O–H groups in total. The number of hydrogen-bond donors (Lipinski definition) is 6. The van der Waals surface area contributed by atoms with E-state index in [0.717, 1.165) is 5.57 Å². The molecule has 5 aliphatic carbocycles. The van der Waals surface area contributed by atoms with Gasteiger partial charge in [0.2, 0.25) is 0 Å². The Hall–Kier alpha value is -1.30. The standard InChI is InChI=1S/C38H58O8S2/c1-9-21(3)31(43)45-19-34(7)25-13-16-38(48)26(37(25,47)15-14-27(34)39)12-11-23-24-17-33(5,6)29(41)30(42)36(24,28(40)18-35(23,38)8)20-46-32(44)22(4)10-2/h9-11,24-30,39-42,47-48H,12-20H2,1-8H3/b21-9+,22-10-/t24?,25?,26?,27-,28+,29-,30-,34+,35+,36-,37+,38-/m0/s1. The van der Waals surface area contributed by atoms with Crippen LogP contribution in [0.1, 0.15) is 100 Å². The van der Waals surface area contributed by atoms with Gasteiger partial charge in [-0.1, -0.05) is 51.5 Å². The van der Waals surface area contributed by atoms with Crippen molar-refractivity contribution < 1.29 is 39.5 Å². The lowest BCUT2D eigenvalue weighted by Crippen LogP contribution is -2.73. The Kier molecular flexibility index (Phi) is 10.1. The van der Waals surface area contributed by atoms with E-state index in [1.54, 1.807) is 39.8 Å². The van der Waals surface area contributed by atoms with Crippen LogP contribution in [0.4, 0.5) is 0 Å². The molecule has 8 nitrogen and oxygen atoms in total. The first kappa shape index (κ1) is 37.9. The fourth-order valence-corrected chi connectivity index (χ4v) is 12.4. The summed E-state index contributed by atoms with van der Waals surface area (Å²) in [6.07, 6.45) is 5.51. The predicted octanol–water partition coefficient (Wildman–Crippen LogP) is 5.38. The minimum atomic E-state index is -1.32. The summed E-state index contributed by atoms with van der Waals surface area (Å²) in [5.74, 6) is -1.33. The van der Waals surface area contributed by atoms with E-state index in [1.807, 2.05) is 20.8 Å². The quantitative estimate of drug-likeness (QED) is 0.0939. The third kappa shape index (κ3) is 5.32. The van der Waals surface area contributed by atoms with E-state index in [4.69, 9.17) is 34.7 Å². The topological polar surface area (TPSA) is 134 Å².